The van der Waals surface area contributed by atoms with Crippen molar-refractivity contribution in [2.75, 3.05) is 13.7 Å². The minimum absolute atomic E-state index is 0.0990. The summed E-state index contributed by atoms with van der Waals surface area (Å²) in [5, 5.41) is 11.8. The van der Waals surface area contributed by atoms with Gasteiger partial charge in [0.15, 0.2) is 11.6 Å². The Labute approximate surface area is 105 Å². The Morgan fingerprint density at radius 2 is 2.17 bits per heavy atom. The molecule has 18 heavy (non-hydrogen) atoms. The molecule has 0 aliphatic carbocycles. The van der Waals surface area contributed by atoms with E-state index in [1.165, 1.54) is 12.1 Å². The van der Waals surface area contributed by atoms with Gasteiger partial charge >= 0.3 is 0 Å². The van der Waals surface area contributed by atoms with Crippen molar-refractivity contribution in [2.24, 2.45) is 0 Å². The Morgan fingerprint density at radius 3 is 2.78 bits per heavy atom. The maximum Gasteiger partial charge on any atom is 0.200 e. The van der Waals surface area contributed by atoms with Crippen LogP contribution in [0.15, 0.2) is 18.2 Å². The van der Waals surface area contributed by atoms with E-state index >= 15 is 0 Å². The smallest absolute Gasteiger partial charge is 0.200 e. The molecule has 0 saturated carbocycles. The number of halogens is 2. The van der Waals surface area contributed by atoms with Gasteiger partial charge in [0.1, 0.15) is 5.54 Å². The second-order valence-corrected chi connectivity index (χ2v) is 4.20. The Hall–Kier alpha value is -1.67. The number of benzene rings is 1. The number of hydrogen-bond acceptors (Lipinski definition) is 3. The lowest BCUT2D eigenvalue weighted by atomic mass is 9.98. The fourth-order valence-corrected chi connectivity index (χ4v) is 1.44. The second kappa shape index (κ2) is 6.31. The third-order valence-electron chi connectivity index (χ3n) is 2.79. The molecule has 0 radical (unpaired) electrons. The van der Waals surface area contributed by atoms with Crippen molar-refractivity contribution in [3.8, 4) is 11.8 Å². The summed E-state index contributed by atoms with van der Waals surface area (Å²) in [4.78, 5) is 0. The number of nitrogens with one attached hydrogen (secondary N) is 1. The number of rotatable bonds is 6. The Balaban J connectivity index is 2.44. The summed E-state index contributed by atoms with van der Waals surface area (Å²) in [5.74, 6) is -2.00. The molecule has 1 unspecified atom stereocenters. The summed E-state index contributed by atoms with van der Waals surface area (Å²) < 4.78 is 31.3. The summed E-state index contributed by atoms with van der Waals surface area (Å²) in [5.41, 5.74) is -0.621. The molecule has 0 aromatic heterocycles. The summed E-state index contributed by atoms with van der Waals surface area (Å²) >= 11 is 0. The van der Waals surface area contributed by atoms with Gasteiger partial charge in [-0.25, -0.2) is 4.39 Å². The van der Waals surface area contributed by atoms with Crippen LogP contribution >= 0.6 is 0 Å². The van der Waals surface area contributed by atoms with Crippen molar-refractivity contribution in [1.82, 2.24) is 5.32 Å². The molecule has 0 aliphatic heterocycles. The monoisotopic (exact) mass is 254 g/mol. The molecule has 0 aliphatic rings. The predicted octanol–water partition coefficient (Wildman–Crippen LogP) is 2.63. The van der Waals surface area contributed by atoms with E-state index in [0.717, 1.165) is 6.07 Å². The Kier molecular flexibility index (Phi) is 5.05. The van der Waals surface area contributed by atoms with E-state index < -0.39 is 17.2 Å². The molecule has 0 saturated heterocycles. The number of nitriles is 1. The van der Waals surface area contributed by atoms with Crippen molar-refractivity contribution in [2.45, 2.75) is 25.3 Å². The zero-order valence-electron chi connectivity index (χ0n) is 10.5. The van der Waals surface area contributed by atoms with Crippen LogP contribution < -0.4 is 10.1 Å². The molecule has 0 amide bonds. The number of hydrogen-bond donors (Lipinski definition) is 1. The lowest BCUT2D eigenvalue weighted by molar-refractivity contribution is 0.273. The highest BCUT2D eigenvalue weighted by molar-refractivity contribution is 5.24. The van der Waals surface area contributed by atoms with Crippen LogP contribution in [0.1, 0.15) is 19.8 Å². The molecule has 1 N–H and O–H groups in total. The minimum Gasteiger partial charge on any atom is -0.490 e. The van der Waals surface area contributed by atoms with Gasteiger partial charge in [0, 0.05) is 0 Å². The lowest BCUT2D eigenvalue weighted by Crippen LogP contribution is -2.38. The fourth-order valence-electron chi connectivity index (χ4n) is 1.44. The third kappa shape index (κ3) is 3.67. The van der Waals surface area contributed by atoms with Crippen LogP contribution in [0.25, 0.3) is 0 Å². The van der Waals surface area contributed by atoms with Gasteiger partial charge in [0.25, 0.3) is 0 Å². The van der Waals surface area contributed by atoms with E-state index in [1.54, 1.807) is 14.0 Å². The summed E-state index contributed by atoms with van der Waals surface area (Å²) in [6.07, 6.45) is 1.14. The molecule has 0 spiro atoms. The molecular formula is C13H16F2N2O. The standard InChI is InChI=1S/C13H16F2N2O/c1-13(9-16,17-2)7-4-8-18-11-6-3-5-10(14)12(11)15/h3,5-6,17H,4,7-8H2,1-2H3. The van der Waals surface area contributed by atoms with Crippen LogP contribution in [0.3, 0.4) is 0 Å². The van der Waals surface area contributed by atoms with Crippen molar-refractivity contribution >= 4 is 0 Å². The van der Waals surface area contributed by atoms with Crippen LogP contribution in [0.5, 0.6) is 5.75 Å². The van der Waals surface area contributed by atoms with Crippen molar-refractivity contribution < 1.29 is 13.5 Å². The lowest BCUT2D eigenvalue weighted by Gasteiger charge is -2.20. The van der Waals surface area contributed by atoms with Gasteiger partial charge in [-0.15, -0.1) is 0 Å². The van der Waals surface area contributed by atoms with E-state index in [-0.39, 0.29) is 12.4 Å². The Bertz CT molecular complexity index is 445. The minimum atomic E-state index is -0.978. The van der Waals surface area contributed by atoms with Crippen LogP contribution in [0.2, 0.25) is 0 Å². The second-order valence-electron chi connectivity index (χ2n) is 4.20. The van der Waals surface area contributed by atoms with Gasteiger partial charge < -0.3 is 10.1 Å². The van der Waals surface area contributed by atoms with Crippen LogP contribution in [0, 0.1) is 23.0 Å². The van der Waals surface area contributed by atoms with E-state index in [1.807, 2.05) is 0 Å². The van der Waals surface area contributed by atoms with Gasteiger partial charge in [-0.3, -0.25) is 0 Å². The zero-order chi connectivity index (χ0) is 13.6. The van der Waals surface area contributed by atoms with Gasteiger partial charge in [-0.1, -0.05) is 6.07 Å². The maximum absolute atomic E-state index is 13.2. The molecule has 0 fully saturated rings. The highest BCUT2D eigenvalue weighted by atomic mass is 19.2. The average molecular weight is 254 g/mol. The highest BCUT2D eigenvalue weighted by Gasteiger charge is 2.20. The van der Waals surface area contributed by atoms with E-state index in [9.17, 15) is 8.78 Å². The van der Waals surface area contributed by atoms with Crippen molar-refractivity contribution in [3.63, 3.8) is 0 Å². The molecule has 0 bridgehead atoms. The first-order chi connectivity index (χ1) is 8.52. The molecule has 1 aromatic rings. The average Bonchev–Trinajstić information content (AvgIpc) is 2.39. The zero-order valence-corrected chi connectivity index (χ0v) is 10.5. The topological polar surface area (TPSA) is 45.0 Å². The summed E-state index contributed by atoms with van der Waals surface area (Å²) in [6.45, 7) is 2.01. The quantitative estimate of drug-likeness (QED) is 0.794. The molecule has 5 heteroatoms. The van der Waals surface area contributed by atoms with Crippen LogP contribution in [-0.4, -0.2) is 19.2 Å². The molecule has 3 nitrogen and oxygen atoms in total. The predicted molar refractivity (Wildman–Crippen MR) is 64.2 cm³/mol. The largest absolute Gasteiger partial charge is 0.490 e. The SMILES string of the molecule is CNC(C)(C#N)CCCOc1cccc(F)c1F. The van der Waals surface area contributed by atoms with Crippen molar-refractivity contribution in [3.05, 3.63) is 29.8 Å². The molecule has 98 valence electrons. The van der Waals surface area contributed by atoms with E-state index in [0.29, 0.717) is 12.8 Å². The molecular weight excluding hydrogens is 238 g/mol. The van der Waals surface area contributed by atoms with E-state index in [4.69, 9.17) is 10.00 Å². The maximum atomic E-state index is 13.2. The van der Waals surface area contributed by atoms with Gasteiger partial charge in [0.2, 0.25) is 5.82 Å². The highest BCUT2D eigenvalue weighted by Crippen LogP contribution is 2.19. The number of nitrogens with zero attached hydrogens (tertiary/aromatic N) is 1. The van der Waals surface area contributed by atoms with Gasteiger partial charge in [-0.05, 0) is 38.9 Å². The summed E-state index contributed by atoms with van der Waals surface area (Å²) in [6, 6.07) is 5.95. The van der Waals surface area contributed by atoms with Crippen LogP contribution in [0.4, 0.5) is 8.78 Å². The summed E-state index contributed by atoms with van der Waals surface area (Å²) in [7, 11) is 1.70. The molecule has 0 heterocycles. The molecule has 1 aromatic carbocycles. The van der Waals surface area contributed by atoms with Gasteiger partial charge in [0.05, 0.1) is 12.7 Å². The first-order valence-corrected chi connectivity index (χ1v) is 5.69. The fraction of sp³-hybridized carbons (Fsp3) is 0.462. The molecule has 1 atom stereocenters. The number of ether oxygens (including phenoxy) is 1. The normalized spacial score (nSPS) is 13.7. The first kappa shape index (κ1) is 14.4. The first-order valence-electron chi connectivity index (χ1n) is 5.69. The Morgan fingerprint density at radius 1 is 1.44 bits per heavy atom. The van der Waals surface area contributed by atoms with Gasteiger partial charge in [-0.2, -0.15) is 9.65 Å². The molecule has 1 rings (SSSR count). The third-order valence-corrected chi connectivity index (χ3v) is 2.79. The van der Waals surface area contributed by atoms with Crippen LogP contribution in [-0.2, 0) is 0 Å². The van der Waals surface area contributed by atoms with Crippen molar-refractivity contribution in [1.29, 1.82) is 5.26 Å². The van der Waals surface area contributed by atoms with E-state index in [2.05, 4.69) is 11.4 Å².